The van der Waals surface area contributed by atoms with Crippen LogP contribution < -0.4 is 9.46 Å². The van der Waals surface area contributed by atoms with Gasteiger partial charge in [0, 0.05) is 12.5 Å². The van der Waals surface area contributed by atoms with Crippen molar-refractivity contribution in [2.24, 2.45) is 11.8 Å². The number of fused-ring (bicyclic) bond motifs is 3. The van der Waals surface area contributed by atoms with Crippen LogP contribution >= 0.6 is 0 Å². The molecule has 4 atom stereocenters. The Labute approximate surface area is 196 Å². The number of ether oxygens (including phenoxy) is 2. The molecule has 1 saturated heterocycles. The minimum Gasteiger partial charge on any atom is -0.492 e. The number of hydrogen-bond donors (Lipinski definition) is 1. The van der Waals surface area contributed by atoms with Crippen LogP contribution in [0.1, 0.15) is 47.2 Å². The van der Waals surface area contributed by atoms with Crippen molar-refractivity contribution in [1.82, 2.24) is 4.90 Å². The van der Waals surface area contributed by atoms with Gasteiger partial charge in [-0.2, -0.15) is 0 Å². The van der Waals surface area contributed by atoms with Gasteiger partial charge in [-0.15, -0.1) is 0 Å². The third kappa shape index (κ3) is 4.38. The first-order chi connectivity index (χ1) is 16.0. The van der Waals surface area contributed by atoms with Crippen LogP contribution in [0.3, 0.4) is 0 Å². The molecule has 2 aliphatic heterocycles. The van der Waals surface area contributed by atoms with Crippen LogP contribution in [-0.4, -0.2) is 48.4 Å². The summed E-state index contributed by atoms with van der Waals surface area (Å²) in [4.78, 5) is 15.6. The van der Waals surface area contributed by atoms with E-state index in [4.69, 9.17) is 9.47 Å². The van der Waals surface area contributed by atoms with E-state index in [9.17, 15) is 13.4 Å². The van der Waals surface area contributed by atoms with E-state index in [1.807, 2.05) is 6.07 Å². The van der Waals surface area contributed by atoms with Crippen LogP contribution in [0, 0.1) is 17.7 Å². The molecule has 4 unspecified atom stereocenters. The molecule has 3 aliphatic rings. The third-order valence-electron chi connectivity index (χ3n) is 7.09. The van der Waals surface area contributed by atoms with Crippen molar-refractivity contribution in [2.75, 3.05) is 38.1 Å². The zero-order valence-corrected chi connectivity index (χ0v) is 19.8. The van der Waals surface area contributed by atoms with Gasteiger partial charge in [-0.3, -0.25) is 0 Å². The highest BCUT2D eigenvalue weighted by molar-refractivity contribution is 7.86. The minimum atomic E-state index is -1.69. The van der Waals surface area contributed by atoms with E-state index in [-0.39, 0.29) is 11.4 Å². The molecular weight excluding hydrogens is 443 g/mol. The maximum atomic E-state index is 14.1. The molecule has 0 amide bonds. The summed E-state index contributed by atoms with van der Waals surface area (Å²) >= 11 is 0. The molecule has 2 aromatic carbocycles. The topological polar surface area (TPSA) is 67.9 Å². The first kappa shape index (κ1) is 22.3. The average molecular weight is 473 g/mol. The van der Waals surface area contributed by atoms with Crippen molar-refractivity contribution in [1.29, 1.82) is 0 Å². The number of hydrogen-bond acceptors (Lipinski definition) is 5. The maximum Gasteiger partial charge on any atom is 0.343 e. The second-order valence-electron chi connectivity index (χ2n) is 9.19. The van der Waals surface area contributed by atoms with Crippen molar-refractivity contribution in [2.45, 2.75) is 37.0 Å². The van der Waals surface area contributed by atoms with Crippen LogP contribution in [0.25, 0.3) is 0 Å². The fourth-order valence-electron chi connectivity index (χ4n) is 5.16. The second-order valence-corrected chi connectivity index (χ2v) is 10.4. The van der Waals surface area contributed by atoms with Gasteiger partial charge >= 0.3 is 5.97 Å². The highest BCUT2D eigenvalue weighted by atomic mass is 32.2. The number of carbonyl (C=O) groups is 1. The molecule has 1 saturated carbocycles. The van der Waals surface area contributed by atoms with Gasteiger partial charge < -0.3 is 19.1 Å². The maximum absolute atomic E-state index is 14.1. The van der Waals surface area contributed by atoms with Crippen molar-refractivity contribution in [3.8, 4) is 5.75 Å². The summed E-state index contributed by atoms with van der Waals surface area (Å²) in [6.45, 7) is 5.71. The van der Waals surface area contributed by atoms with Crippen molar-refractivity contribution < 1.29 is 22.9 Å². The van der Waals surface area contributed by atoms with E-state index in [0.717, 1.165) is 43.6 Å². The summed E-state index contributed by atoms with van der Waals surface area (Å²) in [6, 6.07) is 8.09. The first-order valence-corrected chi connectivity index (χ1v) is 12.7. The van der Waals surface area contributed by atoms with Gasteiger partial charge in [0.15, 0.2) is 11.0 Å². The molecule has 0 bridgehead atoms. The number of nitrogens with one attached hydrogen (secondary N) is 1. The number of halogens is 1. The Morgan fingerprint density at radius 2 is 2.18 bits per heavy atom. The quantitative estimate of drug-likeness (QED) is 0.614. The molecule has 2 heterocycles. The Hall–Kier alpha value is -2.45. The number of esters is 1. The lowest BCUT2D eigenvalue weighted by molar-refractivity contribution is 0.0596. The smallest absolute Gasteiger partial charge is 0.343 e. The van der Waals surface area contributed by atoms with Gasteiger partial charge in [-0.1, -0.05) is 13.0 Å². The first-order valence-electron chi connectivity index (χ1n) is 11.6. The standard InChI is InChI=1S/C25H29FN2O4S/c1-3-28-9-8-15(13-28)10-16-11-18(26)4-7-22(16)33(30)27-21-6-5-19-20-12-17(20)14-32-24(19)23(21)25(29)31-2/h4-7,11,15,17,20,27H,3,8-10,12-14H2,1-2H3. The molecule has 33 heavy (non-hydrogen) atoms. The molecule has 176 valence electrons. The predicted molar refractivity (Wildman–Crippen MR) is 124 cm³/mol. The van der Waals surface area contributed by atoms with Crippen LogP contribution in [0.15, 0.2) is 35.2 Å². The zero-order chi connectivity index (χ0) is 23.1. The van der Waals surface area contributed by atoms with Crippen LogP contribution in [-0.2, 0) is 22.1 Å². The number of rotatable bonds is 7. The lowest BCUT2D eigenvalue weighted by Crippen LogP contribution is -2.20. The van der Waals surface area contributed by atoms with E-state index in [2.05, 4.69) is 16.5 Å². The average Bonchev–Trinajstić information content (AvgIpc) is 3.48. The van der Waals surface area contributed by atoms with Crippen LogP contribution in [0.5, 0.6) is 5.75 Å². The van der Waals surface area contributed by atoms with Crippen molar-refractivity contribution >= 4 is 22.6 Å². The monoisotopic (exact) mass is 472 g/mol. The van der Waals surface area contributed by atoms with Crippen molar-refractivity contribution in [3.63, 3.8) is 0 Å². The summed E-state index contributed by atoms with van der Waals surface area (Å²) in [7, 11) is -0.362. The molecule has 2 fully saturated rings. The van der Waals surface area contributed by atoms with Gasteiger partial charge in [0.05, 0.1) is 24.3 Å². The number of nitrogens with zero attached hydrogens (tertiary/aromatic N) is 1. The lowest BCUT2D eigenvalue weighted by atomic mass is 9.98. The Kier molecular flexibility index (Phi) is 6.14. The molecule has 1 N–H and O–H groups in total. The molecule has 1 aliphatic carbocycles. The summed E-state index contributed by atoms with van der Waals surface area (Å²) in [5.41, 5.74) is 2.41. The van der Waals surface area contributed by atoms with Crippen LogP contribution in [0.2, 0.25) is 0 Å². The van der Waals surface area contributed by atoms with Crippen LogP contribution in [0.4, 0.5) is 10.1 Å². The van der Waals surface area contributed by atoms with E-state index < -0.39 is 17.0 Å². The summed E-state index contributed by atoms with van der Waals surface area (Å²) in [5.74, 6) is 0.971. The second kappa shape index (κ2) is 9.06. The number of likely N-dealkylation sites (tertiary alicyclic amines) is 1. The molecule has 6 nitrogen and oxygen atoms in total. The minimum absolute atomic E-state index is 0.270. The fourth-order valence-corrected chi connectivity index (χ4v) is 6.21. The fraction of sp³-hybridized carbons (Fsp3) is 0.480. The van der Waals surface area contributed by atoms with E-state index in [1.54, 1.807) is 12.1 Å². The molecule has 8 heteroatoms. The molecule has 0 aromatic heterocycles. The van der Waals surface area contributed by atoms with E-state index >= 15 is 0 Å². The Balaban J connectivity index is 1.43. The summed E-state index contributed by atoms with van der Waals surface area (Å²) < 4.78 is 41.4. The SMILES string of the molecule is CCN1CCC(Cc2cc(F)ccc2S(=O)Nc2ccc3c(c2C(=O)OC)OCC2CC32)C1. The largest absolute Gasteiger partial charge is 0.492 e. The molecule has 0 radical (unpaired) electrons. The highest BCUT2D eigenvalue weighted by Gasteiger charge is 2.45. The van der Waals surface area contributed by atoms with Crippen molar-refractivity contribution in [3.05, 3.63) is 52.8 Å². The normalized spacial score (nSPS) is 24.4. The summed E-state index contributed by atoms with van der Waals surface area (Å²) in [6.07, 6.45) is 2.76. The van der Waals surface area contributed by atoms with Gasteiger partial charge in [0.25, 0.3) is 0 Å². The van der Waals surface area contributed by atoms with Gasteiger partial charge in [-0.25, -0.2) is 13.4 Å². The lowest BCUT2D eigenvalue weighted by Gasteiger charge is -2.22. The number of methoxy groups -OCH3 is 1. The van der Waals surface area contributed by atoms with E-state index in [0.29, 0.717) is 47.1 Å². The Morgan fingerprint density at radius 3 is 2.94 bits per heavy atom. The Morgan fingerprint density at radius 1 is 1.33 bits per heavy atom. The van der Waals surface area contributed by atoms with Gasteiger partial charge in [0.1, 0.15) is 17.1 Å². The Bertz CT molecular complexity index is 1110. The van der Waals surface area contributed by atoms with Gasteiger partial charge in [0.2, 0.25) is 0 Å². The molecular formula is C25H29FN2O4S. The number of anilines is 1. The number of benzene rings is 2. The van der Waals surface area contributed by atoms with Gasteiger partial charge in [-0.05, 0) is 79.6 Å². The molecule has 0 spiro atoms. The zero-order valence-electron chi connectivity index (χ0n) is 18.9. The highest BCUT2D eigenvalue weighted by Crippen LogP contribution is 2.55. The number of carbonyl (C=O) groups excluding carboxylic acids is 1. The predicted octanol–water partition coefficient (Wildman–Crippen LogP) is 4.13. The van der Waals surface area contributed by atoms with E-state index in [1.165, 1.54) is 19.2 Å². The summed E-state index contributed by atoms with van der Waals surface area (Å²) in [5, 5.41) is 0. The molecule has 5 rings (SSSR count). The third-order valence-corrected chi connectivity index (χ3v) is 8.30. The molecule has 2 aromatic rings.